The van der Waals surface area contributed by atoms with Crippen LogP contribution in [0.25, 0.3) is 0 Å². The van der Waals surface area contributed by atoms with Crippen molar-refractivity contribution in [1.82, 2.24) is 31.5 Å². The molecule has 2 unspecified atom stereocenters. The number of imide groups is 1. The molecule has 1 heterocycles. The van der Waals surface area contributed by atoms with Crippen LogP contribution in [0, 0.1) is 17.3 Å². The van der Waals surface area contributed by atoms with E-state index in [1.165, 1.54) is 0 Å². The molecule has 0 radical (unpaired) electrons. The number of hydrogen-bond donors (Lipinski definition) is 5. The highest BCUT2D eigenvalue weighted by Gasteiger charge is 2.54. The Morgan fingerprint density at radius 1 is 0.868 bits per heavy atom. The van der Waals surface area contributed by atoms with Crippen molar-refractivity contribution >= 4 is 41.4 Å². The second-order valence-electron chi connectivity index (χ2n) is 10.8. The van der Waals surface area contributed by atoms with E-state index in [1.54, 1.807) is 55.4 Å². The first-order chi connectivity index (χ1) is 17.5. The van der Waals surface area contributed by atoms with E-state index in [9.17, 15) is 33.6 Å². The van der Waals surface area contributed by atoms with Gasteiger partial charge >= 0.3 is 0 Å². The number of carbonyl (C=O) groups is 7. The Kier molecular flexibility index (Phi) is 11.4. The van der Waals surface area contributed by atoms with Crippen molar-refractivity contribution < 1.29 is 33.6 Å². The molecule has 0 aromatic heterocycles. The van der Waals surface area contributed by atoms with Crippen LogP contribution in [0.1, 0.15) is 61.8 Å². The number of hydrogen-bond acceptors (Lipinski definition) is 7. The van der Waals surface area contributed by atoms with Crippen molar-refractivity contribution in [2.75, 3.05) is 26.2 Å². The third kappa shape index (κ3) is 7.99. The predicted molar refractivity (Wildman–Crippen MR) is 138 cm³/mol. The normalized spacial score (nSPS) is 16.7. The summed E-state index contributed by atoms with van der Waals surface area (Å²) in [6, 6.07) is -0.921. The summed E-state index contributed by atoms with van der Waals surface area (Å²) in [4.78, 5) is 87.6. The Morgan fingerprint density at radius 3 is 1.89 bits per heavy atom. The molecule has 1 aliphatic heterocycles. The first-order valence-corrected chi connectivity index (χ1v) is 12.7. The highest BCUT2D eigenvalue weighted by Crippen LogP contribution is 2.40. The average Bonchev–Trinajstić information content (AvgIpc) is 3.08. The van der Waals surface area contributed by atoms with Crippen LogP contribution in [0.3, 0.4) is 0 Å². The van der Waals surface area contributed by atoms with E-state index in [0.717, 1.165) is 4.90 Å². The molecule has 0 aromatic carbocycles. The van der Waals surface area contributed by atoms with Crippen LogP contribution >= 0.6 is 0 Å². The molecule has 0 aromatic rings. The van der Waals surface area contributed by atoms with Crippen molar-refractivity contribution in [2.45, 2.75) is 73.4 Å². The van der Waals surface area contributed by atoms with Crippen molar-refractivity contribution in [3.8, 4) is 0 Å². The van der Waals surface area contributed by atoms with Crippen molar-refractivity contribution in [3.05, 3.63) is 0 Å². The molecule has 0 spiro atoms. The van der Waals surface area contributed by atoms with Gasteiger partial charge in [0.25, 0.3) is 0 Å². The van der Waals surface area contributed by atoms with Crippen LogP contribution in [0.4, 0.5) is 0 Å². The molecule has 1 fully saturated rings. The smallest absolute Gasteiger partial charge is 0.243 e. The Balaban J connectivity index is 2.62. The lowest BCUT2D eigenvalue weighted by molar-refractivity contribution is -0.155. The summed E-state index contributed by atoms with van der Waals surface area (Å²) >= 11 is 0. The Bertz CT molecular complexity index is 960. The molecule has 7 amide bonds. The van der Waals surface area contributed by atoms with Gasteiger partial charge in [-0.1, -0.05) is 20.8 Å². The van der Waals surface area contributed by atoms with E-state index in [2.05, 4.69) is 26.6 Å². The van der Waals surface area contributed by atoms with Crippen LogP contribution < -0.4 is 26.6 Å². The number of rotatable bonds is 13. The lowest BCUT2D eigenvalue weighted by Gasteiger charge is -2.45. The summed E-state index contributed by atoms with van der Waals surface area (Å²) in [6.45, 7) is 12.6. The second-order valence-corrected chi connectivity index (χ2v) is 10.8. The first kappa shape index (κ1) is 32.5. The molecule has 214 valence electrons. The zero-order chi connectivity index (χ0) is 29.4. The molecule has 38 heavy (non-hydrogen) atoms. The monoisotopic (exact) mass is 538 g/mol. The summed E-state index contributed by atoms with van der Waals surface area (Å²) in [7, 11) is 0. The van der Waals surface area contributed by atoms with Crippen molar-refractivity contribution in [1.29, 1.82) is 0 Å². The molecule has 2 atom stereocenters. The third-order valence-electron chi connectivity index (χ3n) is 6.95. The number of likely N-dealkylation sites (tertiary alicyclic amines) is 1. The maximum Gasteiger partial charge on any atom is 0.243 e. The lowest BCUT2D eigenvalue weighted by Crippen LogP contribution is -2.61. The van der Waals surface area contributed by atoms with Gasteiger partial charge in [-0.25, -0.2) is 0 Å². The van der Waals surface area contributed by atoms with Gasteiger partial charge in [0.2, 0.25) is 41.4 Å². The summed E-state index contributed by atoms with van der Waals surface area (Å²) in [5, 5.41) is 12.4. The summed E-state index contributed by atoms with van der Waals surface area (Å²) in [5.74, 6) is -4.16. The topological polar surface area (TPSA) is 183 Å². The second kappa shape index (κ2) is 13.3. The van der Waals surface area contributed by atoms with Gasteiger partial charge < -0.3 is 26.6 Å². The van der Waals surface area contributed by atoms with E-state index in [-0.39, 0.29) is 36.6 Å². The third-order valence-corrected chi connectivity index (χ3v) is 6.95. The number of nitrogens with zero attached hydrogens (tertiary/aromatic N) is 1. The molecule has 0 bridgehead atoms. The number of likely N-dealkylation sites (N-methyl/N-ethyl adjacent to an activating group) is 1. The lowest BCUT2D eigenvalue weighted by atomic mass is 9.72. The summed E-state index contributed by atoms with van der Waals surface area (Å²) in [6.07, 6.45) is 0.0813. The molecule has 13 nitrogen and oxygen atoms in total. The van der Waals surface area contributed by atoms with Gasteiger partial charge in [0.05, 0.1) is 30.6 Å². The SMILES string of the molecule is CCNC(=O)CNC(=O)C(NC(=O)CNC(=O)CNC(=O)C(C)(C)C(C)(C)N1C(=O)CC(C)C1=O)C(C)C. The number of carbonyl (C=O) groups excluding carboxylic acids is 7. The van der Waals surface area contributed by atoms with Gasteiger partial charge in [-0.05, 0) is 40.5 Å². The molecule has 5 N–H and O–H groups in total. The first-order valence-electron chi connectivity index (χ1n) is 12.7. The van der Waals surface area contributed by atoms with Crippen LogP contribution in [-0.2, 0) is 33.6 Å². The van der Waals surface area contributed by atoms with E-state index in [4.69, 9.17) is 0 Å². The van der Waals surface area contributed by atoms with Crippen LogP contribution in [0.15, 0.2) is 0 Å². The zero-order valence-corrected chi connectivity index (χ0v) is 23.6. The van der Waals surface area contributed by atoms with E-state index < -0.39 is 59.6 Å². The van der Waals surface area contributed by atoms with Crippen molar-refractivity contribution in [2.24, 2.45) is 17.3 Å². The zero-order valence-electron chi connectivity index (χ0n) is 23.6. The Labute approximate surface area is 223 Å². The van der Waals surface area contributed by atoms with Gasteiger partial charge in [0.1, 0.15) is 6.04 Å². The van der Waals surface area contributed by atoms with Crippen molar-refractivity contribution in [3.63, 3.8) is 0 Å². The standard InChI is InChI=1S/C25H42N6O7/c1-9-26-16(32)11-28-21(36)20(14(2)3)30-18(34)13-27-17(33)12-29-23(38)24(5,6)25(7,8)31-19(35)10-15(4)22(31)37/h14-15,20H,9-13H2,1-8H3,(H,26,32)(H,27,33)(H,28,36)(H,29,38)(H,30,34). The summed E-state index contributed by atoms with van der Waals surface area (Å²) < 4.78 is 0. The van der Waals surface area contributed by atoms with Crippen LogP contribution in [0.2, 0.25) is 0 Å². The minimum atomic E-state index is -1.23. The molecule has 1 aliphatic rings. The maximum absolute atomic E-state index is 13.0. The highest BCUT2D eigenvalue weighted by molar-refractivity contribution is 6.05. The molecule has 0 saturated carbocycles. The van der Waals surface area contributed by atoms with Gasteiger partial charge in [0, 0.05) is 18.9 Å². The number of amides is 7. The van der Waals surface area contributed by atoms with Gasteiger partial charge in [-0.15, -0.1) is 0 Å². The predicted octanol–water partition coefficient (Wildman–Crippen LogP) is -1.19. The highest BCUT2D eigenvalue weighted by atomic mass is 16.2. The molecule has 13 heteroatoms. The Hall–Kier alpha value is -3.51. The molecule has 0 aliphatic carbocycles. The minimum absolute atomic E-state index is 0.0813. The van der Waals surface area contributed by atoms with Crippen LogP contribution in [0.5, 0.6) is 0 Å². The Morgan fingerprint density at radius 2 is 1.39 bits per heavy atom. The quantitative estimate of drug-likeness (QED) is 0.183. The van der Waals surface area contributed by atoms with Gasteiger partial charge in [-0.2, -0.15) is 0 Å². The fourth-order valence-electron chi connectivity index (χ4n) is 3.85. The molecular formula is C25H42N6O7. The molecule has 1 saturated heterocycles. The average molecular weight is 539 g/mol. The summed E-state index contributed by atoms with van der Waals surface area (Å²) in [5.41, 5.74) is -2.39. The van der Waals surface area contributed by atoms with Crippen LogP contribution in [-0.4, -0.2) is 84.0 Å². The van der Waals surface area contributed by atoms with Gasteiger partial charge in [-0.3, -0.25) is 38.5 Å². The molecule has 1 rings (SSSR count). The fraction of sp³-hybridized carbons (Fsp3) is 0.720. The van der Waals surface area contributed by atoms with Gasteiger partial charge in [0.15, 0.2) is 0 Å². The number of nitrogens with one attached hydrogen (secondary N) is 5. The maximum atomic E-state index is 13.0. The largest absolute Gasteiger partial charge is 0.355 e. The fourth-order valence-corrected chi connectivity index (χ4v) is 3.85. The minimum Gasteiger partial charge on any atom is -0.355 e. The van der Waals surface area contributed by atoms with E-state index in [1.807, 2.05) is 0 Å². The molecular weight excluding hydrogens is 496 g/mol. The van der Waals surface area contributed by atoms with E-state index >= 15 is 0 Å². The van der Waals surface area contributed by atoms with E-state index in [0.29, 0.717) is 6.54 Å².